The fourth-order valence-corrected chi connectivity index (χ4v) is 2.40. The summed E-state index contributed by atoms with van der Waals surface area (Å²) in [5.41, 5.74) is 8.08. The Morgan fingerprint density at radius 3 is 3.12 bits per heavy atom. The molecule has 1 unspecified atom stereocenters. The lowest BCUT2D eigenvalue weighted by atomic mass is 10.1. The Hall–Kier alpha value is -0.580. The maximum Gasteiger partial charge on any atom is 0.127 e. The second kappa shape index (κ2) is 5.17. The zero-order chi connectivity index (χ0) is 11.5. The number of benzene rings is 1. The zero-order valence-electron chi connectivity index (χ0n) is 9.42. The number of fused-ring (bicyclic) bond motifs is 1. The zero-order valence-corrected chi connectivity index (χ0v) is 11.0. The van der Waals surface area contributed by atoms with Crippen molar-refractivity contribution in [1.29, 1.82) is 0 Å². The lowest BCUT2D eigenvalue weighted by Gasteiger charge is -2.14. The first kappa shape index (κ1) is 11.9. The average molecular weight is 285 g/mol. The van der Waals surface area contributed by atoms with Crippen LogP contribution in [0.15, 0.2) is 16.6 Å². The summed E-state index contributed by atoms with van der Waals surface area (Å²) in [5, 5.41) is 3.38. The Morgan fingerprint density at radius 1 is 1.56 bits per heavy atom. The standard InChI is InChI=1S/C12H17BrN2O/c1-8(6-14)15-7-10-5-11(13)4-9-2-3-16-12(9)10/h4-5,8,15H,2-3,6-7,14H2,1H3. The summed E-state index contributed by atoms with van der Waals surface area (Å²) in [6.07, 6.45) is 1.01. The van der Waals surface area contributed by atoms with Crippen LogP contribution in [0.4, 0.5) is 0 Å². The van der Waals surface area contributed by atoms with Crippen molar-refractivity contribution in [3.8, 4) is 5.75 Å². The molecule has 0 bridgehead atoms. The molecule has 2 rings (SSSR count). The molecule has 0 saturated carbocycles. The van der Waals surface area contributed by atoms with Crippen molar-refractivity contribution >= 4 is 15.9 Å². The molecule has 0 amide bonds. The first-order valence-electron chi connectivity index (χ1n) is 5.58. The van der Waals surface area contributed by atoms with Crippen molar-refractivity contribution in [1.82, 2.24) is 5.32 Å². The van der Waals surface area contributed by atoms with Crippen LogP contribution in [0.2, 0.25) is 0 Å². The Bertz CT molecular complexity index is 382. The minimum absolute atomic E-state index is 0.330. The highest BCUT2D eigenvalue weighted by Gasteiger charge is 2.17. The van der Waals surface area contributed by atoms with Gasteiger partial charge in [-0.2, -0.15) is 0 Å². The van der Waals surface area contributed by atoms with E-state index in [-0.39, 0.29) is 0 Å². The van der Waals surface area contributed by atoms with Crippen molar-refractivity contribution in [2.45, 2.75) is 25.9 Å². The highest BCUT2D eigenvalue weighted by atomic mass is 79.9. The number of halogens is 1. The van der Waals surface area contributed by atoms with E-state index in [0.717, 1.165) is 29.8 Å². The second-order valence-corrected chi connectivity index (χ2v) is 5.08. The number of nitrogens with one attached hydrogen (secondary N) is 1. The number of nitrogens with two attached hydrogens (primary N) is 1. The van der Waals surface area contributed by atoms with Gasteiger partial charge >= 0.3 is 0 Å². The highest BCUT2D eigenvalue weighted by molar-refractivity contribution is 9.10. The molecule has 16 heavy (non-hydrogen) atoms. The van der Waals surface area contributed by atoms with Gasteiger partial charge in [-0.1, -0.05) is 15.9 Å². The normalized spacial score (nSPS) is 15.7. The molecule has 1 aromatic rings. The van der Waals surface area contributed by atoms with Crippen LogP contribution in [-0.4, -0.2) is 19.2 Å². The quantitative estimate of drug-likeness (QED) is 0.887. The summed E-state index contributed by atoms with van der Waals surface area (Å²) in [4.78, 5) is 0. The van der Waals surface area contributed by atoms with Crippen LogP contribution < -0.4 is 15.8 Å². The van der Waals surface area contributed by atoms with Gasteiger partial charge in [-0.3, -0.25) is 0 Å². The van der Waals surface area contributed by atoms with Crippen LogP contribution in [-0.2, 0) is 13.0 Å². The Balaban J connectivity index is 2.14. The van der Waals surface area contributed by atoms with E-state index >= 15 is 0 Å². The van der Waals surface area contributed by atoms with Crippen molar-refractivity contribution in [3.05, 3.63) is 27.7 Å². The van der Waals surface area contributed by atoms with Gasteiger partial charge in [0.15, 0.2) is 0 Å². The molecule has 3 nitrogen and oxygen atoms in total. The fourth-order valence-electron chi connectivity index (χ4n) is 1.84. The van der Waals surface area contributed by atoms with E-state index in [2.05, 4.69) is 40.3 Å². The average Bonchev–Trinajstić information content (AvgIpc) is 2.73. The molecular weight excluding hydrogens is 268 g/mol. The van der Waals surface area contributed by atoms with Crippen molar-refractivity contribution < 1.29 is 4.74 Å². The molecule has 0 aromatic heterocycles. The molecule has 1 heterocycles. The lowest BCUT2D eigenvalue weighted by Crippen LogP contribution is -2.32. The Morgan fingerprint density at radius 2 is 2.38 bits per heavy atom. The molecule has 88 valence electrons. The van der Waals surface area contributed by atoms with E-state index in [1.807, 2.05) is 0 Å². The summed E-state index contributed by atoms with van der Waals surface area (Å²) >= 11 is 3.53. The van der Waals surface area contributed by atoms with Gasteiger partial charge in [-0.15, -0.1) is 0 Å². The first-order chi connectivity index (χ1) is 7.70. The molecule has 0 aliphatic carbocycles. The second-order valence-electron chi connectivity index (χ2n) is 4.17. The van der Waals surface area contributed by atoms with Crippen molar-refractivity contribution in [3.63, 3.8) is 0 Å². The number of hydrogen-bond donors (Lipinski definition) is 2. The first-order valence-corrected chi connectivity index (χ1v) is 6.37. The number of rotatable bonds is 4. The summed E-state index contributed by atoms with van der Waals surface area (Å²) in [7, 11) is 0. The van der Waals surface area contributed by atoms with Crippen molar-refractivity contribution in [2.24, 2.45) is 5.73 Å². The molecular formula is C12H17BrN2O. The van der Waals surface area contributed by atoms with Crippen LogP contribution >= 0.6 is 15.9 Å². The van der Waals surface area contributed by atoms with Gasteiger partial charge < -0.3 is 15.8 Å². The smallest absolute Gasteiger partial charge is 0.127 e. The number of hydrogen-bond acceptors (Lipinski definition) is 3. The van der Waals surface area contributed by atoms with Gasteiger partial charge in [-0.25, -0.2) is 0 Å². The van der Waals surface area contributed by atoms with Crippen LogP contribution in [0, 0.1) is 0 Å². The molecule has 0 spiro atoms. The fraction of sp³-hybridized carbons (Fsp3) is 0.500. The molecule has 3 N–H and O–H groups in total. The SMILES string of the molecule is CC(CN)NCc1cc(Br)cc2c1OCC2. The minimum Gasteiger partial charge on any atom is -0.493 e. The lowest BCUT2D eigenvalue weighted by molar-refractivity contribution is 0.351. The van der Waals surface area contributed by atoms with E-state index in [9.17, 15) is 0 Å². The topological polar surface area (TPSA) is 47.3 Å². The largest absolute Gasteiger partial charge is 0.493 e. The molecule has 0 radical (unpaired) electrons. The van der Waals surface area contributed by atoms with Crippen LogP contribution in [0.25, 0.3) is 0 Å². The van der Waals surface area contributed by atoms with Gasteiger partial charge in [0.05, 0.1) is 6.61 Å². The molecule has 1 aliphatic heterocycles. The number of ether oxygens (including phenoxy) is 1. The van der Waals surface area contributed by atoms with Crippen molar-refractivity contribution in [2.75, 3.05) is 13.2 Å². The Labute approximate surface area is 104 Å². The summed E-state index contributed by atoms with van der Waals surface area (Å²) in [6.45, 7) is 4.33. The van der Waals surface area contributed by atoms with Gasteiger partial charge in [0.25, 0.3) is 0 Å². The summed E-state index contributed by atoms with van der Waals surface area (Å²) in [6, 6.07) is 4.58. The van der Waals surface area contributed by atoms with E-state index < -0.39 is 0 Å². The Kier molecular flexibility index (Phi) is 3.84. The molecule has 4 heteroatoms. The molecule has 0 saturated heterocycles. The van der Waals surface area contributed by atoms with Crippen LogP contribution in [0.1, 0.15) is 18.1 Å². The third kappa shape index (κ3) is 2.56. The third-order valence-electron chi connectivity index (χ3n) is 2.82. The molecule has 1 aromatic carbocycles. The molecule has 0 fully saturated rings. The summed E-state index contributed by atoms with van der Waals surface area (Å²) < 4.78 is 6.78. The van der Waals surface area contributed by atoms with Gasteiger partial charge in [-0.05, 0) is 24.6 Å². The van der Waals surface area contributed by atoms with E-state index in [0.29, 0.717) is 12.6 Å². The van der Waals surface area contributed by atoms with E-state index in [1.54, 1.807) is 0 Å². The van der Waals surface area contributed by atoms with Gasteiger partial charge in [0.2, 0.25) is 0 Å². The van der Waals surface area contributed by atoms with E-state index in [4.69, 9.17) is 10.5 Å². The van der Waals surface area contributed by atoms with E-state index in [1.165, 1.54) is 11.1 Å². The van der Waals surface area contributed by atoms with Crippen LogP contribution in [0.5, 0.6) is 5.75 Å². The highest BCUT2D eigenvalue weighted by Crippen LogP contribution is 2.32. The third-order valence-corrected chi connectivity index (χ3v) is 3.28. The molecule has 1 aliphatic rings. The monoisotopic (exact) mass is 284 g/mol. The minimum atomic E-state index is 0.330. The van der Waals surface area contributed by atoms with Gasteiger partial charge in [0, 0.05) is 35.6 Å². The maximum atomic E-state index is 5.66. The summed E-state index contributed by atoms with van der Waals surface area (Å²) in [5.74, 6) is 1.06. The predicted molar refractivity (Wildman–Crippen MR) is 68.7 cm³/mol. The van der Waals surface area contributed by atoms with Gasteiger partial charge in [0.1, 0.15) is 5.75 Å². The molecule has 1 atom stereocenters. The maximum absolute atomic E-state index is 5.66. The predicted octanol–water partition coefficient (Wildman–Crippen LogP) is 1.82. The van der Waals surface area contributed by atoms with Crippen LogP contribution in [0.3, 0.4) is 0 Å².